The molecule has 0 spiro atoms. The average Bonchev–Trinajstić information content (AvgIpc) is 3.04. The van der Waals surface area contributed by atoms with Crippen molar-refractivity contribution in [2.24, 2.45) is 0 Å². The van der Waals surface area contributed by atoms with Crippen LogP contribution in [-0.2, 0) is 10.9 Å². The number of hydrogen-bond acceptors (Lipinski definition) is 3. The molecule has 136 valence electrons. The Balaban J connectivity index is 1.96. The summed E-state index contributed by atoms with van der Waals surface area (Å²) in [5.41, 5.74) is -0.900. The summed E-state index contributed by atoms with van der Waals surface area (Å²) in [6.45, 7) is 2.13. The van der Waals surface area contributed by atoms with Gasteiger partial charge in [0.05, 0.1) is 6.04 Å². The van der Waals surface area contributed by atoms with Gasteiger partial charge in [-0.3, -0.25) is 4.68 Å². The van der Waals surface area contributed by atoms with Crippen LogP contribution in [-0.4, -0.2) is 66.0 Å². The van der Waals surface area contributed by atoms with Gasteiger partial charge >= 0.3 is 12.2 Å². The summed E-state index contributed by atoms with van der Waals surface area (Å²) < 4.78 is 44.3. The van der Waals surface area contributed by atoms with Crippen LogP contribution in [0, 0.1) is 0 Å². The van der Waals surface area contributed by atoms with Gasteiger partial charge in [0.25, 0.3) is 0 Å². The van der Waals surface area contributed by atoms with Crippen LogP contribution in [0.1, 0.15) is 31.0 Å². The van der Waals surface area contributed by atoms with Crippen LogP contribution in [0.2, 0.25) is 0 Å². The van der Waals surface area contributed by atoms with Gasteiger partial charge in [-0.2, -0.15) is 18.3 Å². The minimum absolute atomic E-state index is 0.112. The maximum atomic E-state index is 12.7. The molecule has 2 heterocycles. The molecule has 1 unspecified atom stereocenters. The fraction of sp³-hybridized carbons (Fsp3) is 0.733. The van der Waals surface area contributed by atoms with Crippen LogP contribution in [0.3, 0.4) is 0 Å². The van der Waals surface area contributed by atoms with E-state index in [4.69, 9.17) is 4.74 Å². The molecule has 1 aliphatic heterocycles. The zero-order valence-electron chi connectivity index (χ0n) is 13.9. The summed E-state index contributed by atoms with van der Waals surface area (Å²) in [7, 11) is 3.33. The van der Waals surface area contributed by atoms with E-state index in [0.717, 1.165) is 18.9 Å². The predicted octanol–water partition coefficient (Wildman–Crippen LogP) is 2.63. The molecule has 9 heteroatoms. The molecule has 0 aliphatic carbocycles. The summed E-state index contributed by atoms with van der Waals surface area (Å²) in [4.78, 5) is 15.7. The van der Waals surface area contributed by atoms with E-state index in [1.165, 1.54) is 10.9 Å². The lowest BCUT2D eigenvalue weighted by atomic mass is 10.1. The summed E-state index contributed by atoms with van der Waals surface area (Å²) in [6, 6.07) is 0.627. The third-order valence-corrected chi connectivity index (χ3v) is 4.11. The Kier molecular flexibility index (Phi) is 6.09. The highest BCUT2D eigenvalue weighted by atomic mass is 19.4. The quantitative estimate of drug-likeness (QED) is 0.769. The smallest absolute Gasteiger partial charge is 0.385 e. The maximum absolute atomic E-state index is 12.7. The number of amides is 2. The lowest BCUT2D eigenvalue weighted by Gasteiger charge is -2.35. The summed E-state index contributed by atoms with van der Waals surface area (Å²) >= 11 is 0. The van der Waals surface area contributed by atoms with Crippen molar-refractivity contribution in [2.45, 2.75) is 31.5 Å². The highest BCUT2D eigenvalue weighted by molar-refractivity contribution is 5.74. The van der Waals surface area contributed by atoms with Gasteiger partial charge in [-0.05, 0) is 25.3 Å². The maximum Gasteiger partial charge on any atom is 0.435 e. The first kappa shape index (κ1) is 18.6. The third kappa shape index (κ3) is 4.62. The van der Waals surface area contributed by atoms with Crippen LogP contribution in [0.5, 0.6) is 0 Å². The first-order valence-corrected chi connectivity index (χ1v) is 7.94. The SMILES string of the molecule is COCCCN(C)C(=O)N1CCCC(n2ccc(C(F)(F)F)n2)C1. The molecule has 1 aromatic rings. The lowest BCUT2D eigenvalue weighted by molar-refractivity contribution is -0.141. The Hall–Kier alpha value is -1.77. The number of rotatable bonds is 5. The molecule has 0 N–H and O–H groups in total. The van der Waals surface area contributed by atoms with E-state index in [-0.39, 0.29) is 12.1 Å². The molecule has 2 amide bonds. The van der Waals surface area contributed by atoms with Gasteiger partial charge in [0.15, 0.2) is 5.69 Å². The number of nitrogens with zero attached hydrogens (tertiary/aromatic N) is 4. The fourth-order valence-corrected chi connectivity index (χ4v) is 2.82. The van der Waals surface area contributed by atoms with E-state index in [1.807, 2.05) is 0 Å². The van der Waals surface area contributed by atoms with E-state index in [0.29, 0.717) is 32.7 Å². The van der Waals surface area contributed by atoms with Crippen molar-refractivity contribution in [2.75, 3.05) is 40.4 Å². The zero-order valence-corrected chi connectivity index (χ0v) is 13.9. The van der Waals surface area contributed by atoms with E-state index in [9.17, 15) is 18.0 Å². The molecule has 1 fully saturated rings. The van der Waals surface area contributed by atoms with Gasteiger partial charge in [-0.1, -0.05) is 0 Å². The van der Waals surface area contributed by atoms with Gasteiger partial charge in [-0.15, -0.1) is 0 Å². The van der Waals surface area contributed by atoms with Crippen molar-refractivity contribution < 1.29 is 22.7 Å². The number of likely N-dealkylation sites (tertiary alicyclic amines) is 1. The molecule has 1 aromatic heterocycles. The normalized spacial score (nSPS) is 18.7. The summed E-state index contributed by atoms with van der Waals surface area (Å²) in [6.07, 6.45) is -0.926. The second kappa shape index (κ2) is 7.87. The number of alkyl halides is 3. The molecule has 2 rings (SSSR count). The molecule has 0 aromatic carbocycles. The molecule has 6 nitrogen and oxygen atoms in total. The molecule has 1 atom stereocenters. The number of halogens is 3. The molecule has 0 radical (unpaired) electrons. The van der Waals surface area contributed by atoms with E-state index >= 15 is 0 Å². The molecule has 1 saturated heterocycles. The Labute approximate surface area is 139 Å². The van der Waals surface area contributed by atoms with Crippen LogP contribution in [0.15, 0.2) is 12.3 Å². The number of piperidine rings is 1. The van der Waals surface area contributed by atoms with E-state index in [2.05, 4.69) is 5.10 Å². The number of hydrogen-bond donors (Lipinski definition) is 0. The first-order valence-electron chi connectivity index (χ1n) is 7.94. The minimum Gasteiger partial charge on any atom is -0.385 e. The molecular formula is C15H23F3N4O2. The lowest BCUT2D eigenvalue weighted by Crippen LogP contribution is -2.47. The Morgan fingerprint density at radius 3 is 2.88 bits per heavy atom. The van der Waals surface area contributed by atoms with Crippen LogP contribution in [0.25, 0.3) is 0 Å². The Morgan fingerprint density at radius 1 is 1.50 bits per heavy atom. The van der Waals surface area contributed by atoms with Crippen LogP contribution >= 0.6 is 0 Å². The van der Waals surface area contributed by atoms with Crippen molar-refractivity contribution in [1.29, 1.82) is 0 Å². The Bertz CT molecular complexity index is 547. The van der Waals surface area contributed by atoms with Crippen molar-refractivity contribution >= 4 is 6.03 Å². The summed E-state index contributed by atoms with van der Waals surface area (Å²) in [5.74, 6) is 0. The molecule has 1 aliphatic rings. The largest absolute Gasteiger partial charge is 0.435 e. The number of carbonyl (C=O) groups is 1. The molecule has 0 saturated carbocycles. The first-order chi connectivity index (χ1) is 11.3. The van der Waals surface area contributed by atoms with Crippen molar-refractivity contribution in [3.05, 3.63) is 18.0 Å². The van der Waals surface area contributed by atoms with Crippen molar-refractivity contribution in [1.82, 2.24) is 19.6 Å². The van der Waals surface area contributed by atoms with E-state index < -0.39 is 11.9 Å². The van der Waals surface area contributed by atoms with Crippen LogP contribution < -0.4 is 0 Å². The second-order valence-electron chi connectivity index (χ2n) is 5.97. The zero-order chi connectivity index (χ0) is 17.7. The fourth-order valence-electron chi connectivity index (χ4n) is 2.82. The van der Waals surface area contributed by atoms with Crippen molar-refractivity contribution in [3.63, 3.8) is 0 Å². The highest BCUT2D eigenvalue weighted by Crippen LogP contribution is 2.29. The number of aromatic nitrogens is 2. The third-order valence-electron chi connectivity index (χ3n) is 4.11. The number of methoxy groups -OCH3 is 1. The minimum atomic E-state index is -4.45. The van der Waals surface area contributed by atoms with Gasteiger partial charge in [0.2, 0.25) is 0 Å². The monoisotopic (exact) mass is 348 g/mol. The highest BCUT2D eigenvalue weighted by Gasteiger charge is 2.35. The van der Waals surface area contributed by atoms with Gasteiger partial charge in [-0.25, -0.2) is 4.79 Å². The number of carbonyl (C=O) groups excluding carboxylic acids is 1. The predicted molar refractivity (Wildman–Crippen MR) is 81.6 cm³/mol. The topological polar surface area (TPSA) is 50.6 Å². The Morgan fingerprint density at radius 2 is 2.25 bits per heavy atom. The number of ether oxygens (including phenoxy) is 1. The van der Waals surface area contributed by atoms with Gasteiger partial charge < -0.3 is 14.5 Å². The van der Waals surface area contributed by atoms with Crippen molar-refractivity contribution in [3.8, 4) is 0 Å². The standard InChI is InChI=1S/C15H23F3N4O2/c1-20(7-4-10-24-2)14(23)21-8-3-5-12(11-21)22-9-6-13(19-22)15(16,17)18/h6,9,12H,3-5,7-8,10-11H2,1-2H3. The molecule has 24 heavy (non-hydrogen) atoms. The van der Waals surface area contributed by atoms with Crippen LogP contribution in [0.4, 0.5) is 18.0 Å². The molecule has 0 bridgehead atoms. The van der Waals surface area contributed by atoms with Gasteiger partial charge in [0, 0.05) is 46.6 Å². The van der Waals surface area contributed by atoms with E-state index in [1.54, 1.807) is 24.0 Å². The summed E-state index contributed by atoms with van der Waals surface area (Å²) in [5, 5.41) is 3.63. The van der Waals surface area contributed by atoms with Gasteiger partial charge in [0.1, 0.15) is 0 Å². The second-order valence-corrected chi connectivity index (χ2v) is 5.97. The number of urea groups is 1. The molecular weight excluding hydrogens is 325 g/mol. The average molecular weight is 348 g/mol.